The molecule has 0 bridgehead atoms. The van der Waals surface area contributed by atoms with Gasteiger partial charge in [-0.2, -0.15) is 13.2 Å². The van der Waals surface area contributed by atoms with Crippen molar-refractivity contribution in [3.8, 4) is 0 Å². The summed E-state index contributed by atoms with van der Waals surface area (Å²) in [7, 11) is 0. The second kappa shape index (κ2) is 5.40. The van der Waals surface area contributed by atoms with Crippen molar-refractivity contribution in [3.05, 3.63) is 5.01 Å². The number of hydrogen-bond acceptors (Lipinski definition) is 5. The van der Waals surface area contributed by atoms with Crippen LogP contribution in [-0.4, -0.2) is 29.0 Å². The Morgan fingerprint density at radius 3 is 2.83 bits per heavy atom. The number of nitrogens with one attached hydrogen (secondary N) is 1. The van der Waals surface area contributed by atoms with Crippen molar-refractivity contribution >= 4 is 16.5 Å². The van der Waals surface area contributed by atoms with Crippen LogP contribution in [0.5, 0.6) is 0 Å². The molecule has 8 heteroatoms. The second-order valence-electron chi connectivity index (χ2n) is 4.33. The molecule has 0 radical (unpaired) electrons. The van der Waals surface area contributed by atoms with E-state index in [1.807, 2.05) is 6.92 Å². The quantitative estimate of drug-likeness (QED) is 0.921. The monoisotopic (exact) mass is 281 g/mol. The van der Waals surface area contributed by atoms with Gasteiger partial charge in [-0.15, -0.1) is 10.2 Å². The van der Waals surface area contributed by atoms with Crippen LogP contribution in [0.3, 0.4) is 0 Å². The van der Waals surface area contributed by atoms with Crippen LogP contribution in [0.15, 0.2) is 0 Å². The van der Waals surface area contributed by atoms with Gasteiger partial charge in [0.25, 0.3) is 0 Å². The van der Waals surface area contributed by atoms with Crippen molar-refractivity contribution in [1.29, 1.82) is 0 Å². The van der Waals surface area contributed by atoms with Crippen LogP contribution in [0.2, 0.25) is 0 Å². The number of ether oxygens (including phenoxy) is 1. The predicted octanol–water partition coefficient (Wildman–Crippen LogP) is 2.93. The molecule has 102 valence electrons. The summed E-state index contributed by atoms with van der Waals surface area (Å²) in [5, 5.41) is 8.82. The van der Waals surface area contributed by atoms with E-state index in [2.05, 4.69) is 15.5 Å². The summed E-state index contributed by atoms with van der Waals surface area (Å²) in [6.07, 6.45) is -1.40. The third kappa shape index (κ3) is 3.55. The molecule has 0 aliphatic carbocycles. The maximum absolute atomic E-state index is 12.3. The van der Waals surface area contributed by atoms with Gasteiger partial charge in [-0.25, -0.2) is 0 Å². The van der Waals surface area contributed by atoms with Crippen molar-refractivity contribution in [3.63, 3.8) is 0 Å². The Bertz CT molecular complexity index is 390. The van der Waals surface area contributed by atoms with Crippen LogP contribution in [0.4, 0.5) is 18.3 Å². The lowest BCUT2D eigenvalue weighted by Crippen LogP contribution is -2.21. The van der Waals surface area contributed by atoms with Gasteiger partial charge in [-0.1, -0.05) is 11.3 Å². The standard InChI is InChI=1S/C10H14F3N3OS/c1-6(5-7-3-2-4-17-7)14-9-16-15-8(18-9)10(11,12)13/h6-7H,2-5H2,1H3,(H,14,16)/t6-,7-/m1/s1. The van der Waals surface area contributed by atoms with Gasteiger partial charge in [-0.05, 0) is 26.2 Å². The highest BCUT2D eigenvalue weighted by atomic mass is 32.1. The SMILES string of the molecule is C[C@H](C[C@H]1CCCO1)Nc1nnc(C(F)(F)F)s1. The lowest BCUT2D eigenvalue weighted by molar-refractivity contribution is -0.138. The van der Waals surface area contributed by atoms with Gasteiger partial charge in [0.1, 0.15) is 0 Å². The summed E-state index contributed by atoms with van der Waals surface area (Å²) in [6.45, 7) is 2.67. The van der Waals surface area contributed by atoms with Gasteiger partial charge in [0.2, 0.25) is 10.1 Å². The number of aromatic nitrogens is 2. The molecule has 0 saturated carbocycles. The molecule has 1 saturated heterocycles. The molecule has 2 rings (SSSR count). The topological polar surface area (TPSA) is 47.0 Å². The Kier molecular flexibility index (Phi) is 4.06. The van der Waals surface area contributed by atoms with Crippen LogP contribution in [-0.2, 0) is 10.9 Å². The van der Waals surface area contributed by atoms with E-state index in [0.717, 1.165) is 25.9 Å². The summed E-state index contributed by atoms with van der Waals surface area (Å²) < 4.78 is 42.4. The van der Waals surface area contributed by atoms with Crippen LogP contribution >= 0.6 is 11.3 Å². The van der Waals surface area contributed by atoms with E-state index in [0.29, 0.717) is 11.3 Å². The largest absolute Gasteiger partial charge is 0.445 e. The lowest BCUT2D eigenvalue weighted by Gasteiger charge is -2.16. The molecule has 0 spiro atoms. The first kappa shape index (κ1) is 13.5. The first-order valence-electron chi connectivity index (χ1n) is 5.74. The summed E-state index contributed by atoms with van der Waals surface area (Å²) in [6, 6.07) is 0.0159. The summed E-state index contributed by atoms with van der Waals surface area (Å²) in [5.74, 6) is 0. The van der Waals surface area contributed by atoms with E-state index in [9.17, 15) is 13.2 Å². The minimum atomic E-state index is -4.42. The van der Waals surface area contributed by atoms with Gasteiger partial charge in [-0.3, -0.25) is 0 Å². The van der Waals surface area contributed by atoms with E-state index >= 15 is 0 Å². The fraction of sp³-hybridized carbons (Fsp3) is 0.800. The molecule has 4 nitrogen and oxygen atoms in total. The maximum Gasteiger partial charge on any atom is 0.445 e. The van der Waals surface area contributed by atoms with Gasteiger partial charge < -0.3 is 10.1 Å². The van der Waals surface area contributed by atoms with Crippen molar-refractivity contribution in [1.82, 2.24) is 10.2 Å². The maximum atomic E-state index is 12.3. The summed E-state index contributed by atoms with van der Waals surface area (Å²) in [5.41, 5.74) is 0. The van der Waals surface area contributed by atoms with Crippen LogP contribution in [0.25, 0.3) is 0 Å². The lowest BCUT2D eigenvalue weighted by atomic mass is 10.1. The van der Waals surface area contributed by atoms with E-state index in [1.165, 1.54) is 0 Å². The van der Waals surface area contributed by atoms with Gasteiger partial charge in [0.05, 0.1) is 6.10 Å². The predicted molar refractivity (Wildman–Crippen MR) is 61.6 cm³/mol. The summed E-state index contributed by atoms with van der Waals surface area (Å²) in [4.78, 5) is 0. The second-order valence-corrected chi connectivity index (χ2v) is 5.30. The first-order chi connectivity index (χ1) is 8.45. The van der Waals surface area contributed by atoms with Crippen molar-refractivity contribution in [2.45, 2.75) is 44.5 Å². The molecule has 0 amide bonds. The molecule has 1 aromatic rings. The molecule has 0 unspecified atom stereocenters. The van der Waals surface area contributed by atoms with Crippen molar-refractivity contribution < 1.29 is 17.9 Å². The van der Waals surface area contributed by atoms with E-state index < -0.39 is 11.2 Å². The highest BCUT2D eigenvalue weighted by molar-refractivity contribution is 7.15. The number of anilines is 1. The summed E-state index contributed by atoms with van der Waals surface area (Å²) >= 11 is 0.527. The Balaban J connectivity index is 1.86. The Labute approximate surface area is 107 Å². The normalized spacial score (nSPS) is 22.1. The number of alkyl halides is 3. The fourth-order valence-electron chi connectivity index (χ4n) is 1.89. The van der Waals surface area contributed by atoms with Crippen molar-refractivity contribution in [2.24, 2.45) is 0 Å². The molecule has 1 N–H and O–H groups in total. The third-order valence-electron chi connectivity index (χ3n) is 2.68. The van der Waals surface area contributed by atoms with Gasteiger partial charge in [0, 0.05) is 12.6 Å². The molecular weight excluding hydrogens is 267 g/mol. The van der Waals surface area contributed by atoms with Gasteiger partial charge in [0.15, 0.2) is 0 Å². The number of rotatable bonds is 4. The Morgan fingerprint density at radius 2 is 2.28 bits per heavy atom. The third-order valence-corrected chi connectivity index (χ3v) is 3.58. The minimum absolute atomic E-state index is 0.0159. The first-order valence-corrected chi connectivity index (χ1v) is 6.55. The van der Waals surface area contributed by atoms with Crippen LogP contribution < -0.4 is 5.32 Å². The van der Waals surface area contributed by atoms with Gasteiger partial charge >= 0.3 is 6.18 Å². The number of hydrogen-bond donors (Lipinski definition) is 1. The average molecular weight is 281 g/mol. The Hall–Kier alpha value is -0.890. The number of halogens is 3. The molecular formula is C10H14F3N3OS. The molecule has 18 heavy (non-hydrogen) atoms. The highest BCUT2D eigenvalue weighted by Crippen LogP contribution is 2.33. The highest BCUT2D eigenvalue weighted by Gasteiger charge is 2.35. The average Bonchev–Trinajstić information content (AvgIpc) is 2.87. The zero-order chi connectivity index (χ0) is 13.2. The zero-order valence-corrected chi connectivity index (χ0v) is 10.6. The molecule has 0 aromatic carbocycles. The zero-order valence-electron chi connectivity index (χ0n) is 9.83. The number of nitrogens with zero attached hydrogens (tertiary/aromatic N) is 2. The smallest absolute Gasteiger partial charge is 0.378 e. The minimum Gasteiger partial charge on any atom is -0.378 e. The van der Waals surface area contributed by atoms with Crippen LogP contribution in [0.1, 0.15) is 31.2 Å². The fourth-order valence-corrected chi connectivity index (χ4v) is 2.61. The molecule has 1 aromatic heterocycles. The van der Waals surface area contributed by atoms with Crippen LogP contribution in [0, 0.1) is 0 Å². The molecule has 2 heterocycles. The molecule has 2 atom stereocenters. The van der Waals surface area contributed by atoms with E-state index in [1.54, 1.807) is 0 Å². The molecule has 1 aliphatic rings. The Morgan fingerprint density at radius 1 is 1.50 bits per heavy atom. The molecule has 1 fully saturated rings. The molecule has 1 aliphatic heterocycles. The van der Waals surface area contributed by atoms with Crippen molar-refractivity contribution in [2.75, 3.05) is 11.9 Å². The van der Waals surface area contributed by atoms with E-state index in [4.69, 9.17) is 4.74 Å². The van der Waals surface area contributed by atoms with E-state index in [-0.39, 0.29) is 17.3 Å².